The summed E-state index contributed by atoms with van der Waals surface area (Å²) in [5, 5.41) is 10.2. The van der Waals surface area contributed by atoms with Crippen LogP contribution in [0.2, 0.25) is 0 Å². The Morgan fingerprint density at radius 1 is 1.35 bits per heavy atom. The van der Waals surface area contributed by atoms with Gasteiger partial charge >= 0.3 is 0 Å². The second-order valence-electron chi connectivity index (χ2n) is 6.23. The Hall–Kier alpha value is -1.21. The zero-order valence-corrected chi connectivity index (χ0v) is 14.8. The van der Waals surface area contributed by atoms with Gasteiger partial charge in [0, 0.05) is 48.9 Å². The van der Waals surface area contributed by atoms with E-state index in [0.29, 0.717) is 12.1 Å². The average Bonchev–Trinajstić information content (AvgIpc) is 3.24. The van der Waals surface area contributed by atoms with Crippen molar-refractivity contribution in [2.45, 2.75) is 32.5 Å². The molecule has 5 nitrogen and oxygen atoms in total. The molecule has 3 heterocycles. The molecule has 126 valence electrons. The van der Waals surface area contributed by atoms with Gasteiger partial charge in [0.2, 0.25) is 0 Å². The normalized spacial score (nSPS) is 17.7. The van der Waals surface area contributed by atoms with Gasteiger partial charge in [-0.15, -0.1) is 11.3 Å². The van der Waals surface area contributed by atoms with Gasteiger partial charge in [-0.2, -0.15) is 5.10 Å². The highest BCUT2D eigenvalue weighted by molar-refractivity contribution is 7.10. The third-order valence-electron chi connectivity index (χ3n) is 4.21. The fraction of sp³-hybridized carbons (Fsp3) is 0.588. The quantitative estimate of drug-likeness (QED) is 0.845. The number of aromatic nitrogens is 2. The molecule has 1 aliphatic rings. The zero-order valence-electron chi connectivity index (χ0n) is 13.9. The Morgan fingerprint density at radius 3 is 2.83 bits per heavy atom. The number of nitrogens with one attached hydrogen (secondary N) is 1. The molecule has 0 radical (unpaired) electrons. The van der Waals surface area contributed by atoms with Crippen molar-refractivity contribution in [2.24, 2.45) is 0 Å². The lowest BCUT2D eigenvalue weighted by Crippen LogP contribution is -2.42. The number of hydrogen-bond donors (Lipinski definition) is 1. The molecule has 0 amide bonds. The summed E-state index contributed by atoms with van der Waals surface area (Å²) in [7, 11) is 0. The van der Waals surface area contributed by atoms with Crippen molar-refractivity contribution in [3.05, 3.63) is 40.3 Å². The molecule has 0 aliphatic carbocycles. The van der Waals surface area contributed by atoms with E-state index in [1.165, 1.54) is 10.4 Å². The smallest absolute Gasteiger partial charge is 0.0594 e. The summed E-state index contributed by atoms with van der Waals surface area (Å²) in [5.41, 5.74) is 1.24. The standard InChI is InChI=1S/C17H26N4OS/c1-14(2)21-13-15(11-19-21)10-18-12-16(17-4-3-9-23-17)20-5-7-22-8-6-20/h3-4,9,11,13-14,16,18H,5-8,10,12H2,1-2H3/t16-/m0/s1. The van der Waals surface area contributed by atoms with Crippen molar-refractivity contribution < 1.29 is 4.74 Å². The van der Waals surface area contributed by atoms with Gasteiger partial charge in [0.25, 0.3) is 0 Å². The fourth-order valence-electron chi connectivity index (χ4n) is 2.88. The van der Waals surface area contributed by atoms with Gasteiger partial charge in [-0.3, -0.25) is 9.58 Å². The maximum absolute atomic E-state index is 5.50. The lowest BCUT2D eigenvalue weighted by molar-refractivity contribution is 0.0168. The SMILES string of the molecule is CC(C)n1cc(CNC[C@@H](c2cccs2)N2CCOCC2)cn1. The number of nitrogens with zero attached hydrogens (tertiary/aromatic N) is 3. The molecule has 6 heteroatoms. The second kappa shape index (κ2) is 8.06. The average molecular weight is 334 g/mol. The van der Waals surface area contributed by atoms with Gasteiger partial charge in [-0.1, -0.05) is 6.07 Å². The van der Waals surface area contributed by atoms with Crippen LogP contribution in [0, 0.1) is 0 Å². The minimum Gasteiger partial charge on any atom is -0.379 e. The van der Waals surface area contributed by atoms with Gasteiger partial charge in [-0.05, 0) is 25.3 Å². The first-order chi connectivity index (χ1) is 11.2. The van der Waals surface area contributed by atoms with Crippen molar-refractivity contribution in [3.63, 3.8) is 0 Å². The number of hydrogen-bond acceptors (Lipinski definition) is 5. The highest BCUT2D eigenvalue weighted by Gasteiger charge is 2.23. The molecule has 3 rings (SSSR count). The van der Waals surface area contributed by atoms with Crippen molar-refractivity contribution >= 4 is 11.3 Å². The summed E-state index contributed by atoms with van der Waals surface area (Å²) in [5.74, 6) is 0. The van der Waals surface area contributed by atoms with Crippen LogP contribution in [0.4, 0.5) is 0 Å². The lowest BCUT2D eigenvalue weighted by atomic mass is 10.2. The van der Waals surface area contributed by atoms with Crippen LogP contribution in [0.1, 0.15) is 36.4 Å². The number of ether oxygens (including phenoxy) is 1. The first-order valence-electron chi connectivity index (χ1n) is 8.33. The minimum atomic E-state index is 0.413. The summed E-state index contributed by atoms with van der Waals surface area (Å²) in [6.07, 6.45) is 4.09. The molecule has 23 heavy (non-hydrogen) atoms. The van der Waals surface area contributed by atoms with Gasteiger partial charge in [0.1, 0.15) is 0 Å². The summed E-state index contributed by atoms with van der Waals surface area (Å²) in [4.78, 5) is 3.96. The molecule has 0 aromatic carbocycles. The molecule has 1 fully saturated rings. The minimum absolute atomic E-state index is 0.413. The monoisotopic (exact) mass is 334 g/mol. The molecule has 1 saturated heterocycles. The molecule has 2 aromatic rings. The van der Waals surface area contributed by atoms with E-state index in [2.05, 4.69) is 52.9 Å². The Bertz CT molecular complexity index is 575. The van der Waals surface area contributed by atoms with E-state index in [1.807, 2.05) is 22.2 Å². The van der Waals surface area contributed by atoms with Gasteiger partial charge in [0.15, 0.2) is 0 Å². The largest absolute Gasteiger partial charge is 0.379 e. The molecular weight excluding hydrogens is 308 g/mol. The molecule has 0 spiro atoms. The number of thiophene rings is 1. The van der Waals surface area contributed by atoms with Crippen molar-refractivity contribution in [3.8, 4) is 0 Å². The molecule has 0 bridgehead atoms. The van der Waals surface area contributed by atoms with Crippen LogP contribution in [0.15, 0.2) is 29.9 Å². The Morgan fingerprint density at radius 2 is 2.17 bits per heavy atom. The van der Waals surface area contributed by atoms with Crippen LogP contribution in [-0.4, -0.2) is 47.5 Å². The van der Waals surface area contributed by atoms with Gasteiger partial charge in [0.05, 0.1) is 25.5 Å². The van der Waals surface area contributed by atoms with Gasteiger partial charge < -0.3 is 10.1 Å². The summed E-state index contributed by atoms with van der Waals surface area (Å²) in [6.45, 7) is 9.80. The van der Waals surface area contributed by atoms with Crippen LogP contribution in [0.5, 0.6) is 0 Å². The third-order valence-corrected chi connectivity index (χ3v) is 5.18. The second-order valence-corrected chi connectivity index (χ2v) is 7.21. The maximum atomic E-state index is 5.50. The van der Waals surface area contributed by atoms with Gasteiger partial charge in [-0.25, -0.2) is 0 Å². The van der Waals surface area contributed by atoms with Crippen LogP contribution in [-0.2, 0) is 11.3 Å². The maximum Gasteiger partial charge on any atom is 0.0594 e. The van der Waals surface area contributed by atoms with Crippen LogP contribution in [0.3, 0.4) is 0 Å². The summed E-state index contributed by atoms with van der Waals surface area (Å²) < 4.78 is 7.51. The Balaban J connectivity index is 1.57. The first-order valence-corrected chi connectivity index (χ1v) is 9.21. The zero-order chi connectivity index (χ0) is 16.1. The summed E-state index contributed by atoms with van der Waals surface area (Å²) in [6, 6.07) is 5.22. The molecule has 2 aromatic heterocycles. The first kappa shape index (κ1) is 16.6. The topological polar surface area (TPSA) is 42.3 Å². The fourth-order valence-corrected chi connectivity index (χ4v) is 3.74. The Labute approximate surface area is 142 Å². The van der Waals surface area contributed by atoms with Crippen molar-refractivity contribution in [2.75, 3.05) is 32.8 Å². The van der Waals surface area contributed by atoms with Crippen molar-refractivity contribution in [1.82, 2.24) is 20.0 Å². The van der Waals surface area contributed by atoms with Crippen LogP contribution < -0.4 is 5.32 Å². The molecule has 1 aliphatic heterocycles. The predicted octanol–water partition coefficient (Wildman–Crippen LogP) is 2.69. The molecule has 1 N–H and O–H groups in total. The predicted molar refractivity (Wildman–Crippen MR) is 93.8 cm³/mol. The Kier molecular flexibility index (Phi) is 5.83. The molecular formula is C17H26N4OS. The third kappa shape index (κ3) is 4.41. The highest BCUT2D eigenvalue weighted by Crippen LogP contribution is 2.25. The van der Waals surface area contributed by atoms with Crippen molar-refractivity contribution in [1.29, 1.82) is 0 Å². The van der Waals surface area contributed by atoms with E-state index in [1.54, 1.807) is 0 Å². The van der Waals surface area contributed by atoms with E-state index in [0.717, 1.165) is 39.4 Å². The molecule has 1 atom stereocenters. The lowest BCUT2D eigenvalue weighted by Gasteiger charge is -2.34. The molecule has 0 unspecified atom stereocenters. The van der Waals surface area contributed by atoms with E-state index < -0.39 is 0 Å². The van der Waals surface area contributed by atoms with E-state index >= 15 is 0 Å². The van der Waals surface area contributed by atoms with E-state index in [9.17, 15) is 0 Å². The summed E-state index contributed by atoms with van der Waals surface area (Å²) >= 11 is 1.84. The highest BCUT2D eigenvalue weighted by atomic mass is 32.1. The number of morpholine rings is 1. The van der Waals surface area contributed by atoms with E-state index in [-0.39, 0.29) is 0 Å². The van der Waals surface area contributed by atoms with E-state index in [4.69, 9.17) is 4.74 Å². The number of rotatable bonds is 7. The molecule has 0 saturated carbocycles. The van der Waals surface area contributed by atoms with Crippen LogP contribution in [0.25, 0.3) is 0 Å². The van der Waals surface area contributed by atoms with Crippen LogP contribution >= 0.6 is 11.3 Å².